The lowest BCUT2D eigenvalue weighted by atomic mass is 10.2. The van der Waals surface area contributed by atoms with Gasteiger partial charge in [-0.15, -0.1) is 0 Å². The van der Waals surface area contributed by atoms with E-state index in [1.165, 1.54) is 12.1 Å². The van der Waals surface area contributed by atoms with Crippen LogP contribution in [0.1, 0.15) is 5.56 Å². The zero-order valence-electron chi connectivity index (χ0n) is 9.79. The summed E-state index contributed by atoms with van der Waals surface area (Å²) in [6.07, 6.45) is 0. The molecule has 2 aromatic carbocycles. The maximum absolute atomic E-state index is 13.5. The molecule has 0 aliphatic rings. The van der Waals surface area contributed by atoms with Crippen LogP contribution in [0.2, 0.25) is 10.0 Å². The molecule has 7 heteroatoms. The minimum Gasteiger partial charge on any atom is -0.455 e. The van der Waals surface area contributed by atoms with Crippen LogP contribution < -0.4 is 10.5 Å². The third-order valence-corrected chi connectivity index (χ3v) is 3.77. The Labute approximate surface area is 138 Å². The summed E-state index contributed by atoms with van der Waals surface area (Å²) in [5, 5.41) is 0.469. The Balaban J connectivity index is 2.45. The van der Waals surface area contributed by atoms with Crippen molar-refractivity contribution in [2.45, 2.75) is 0 Å². The van der Waals surface area contributed by atoms with Gasteiger partial charge in [0.25, 0.3) is 0 Å². The number of benzene rings is 2. The zero-order chi connectivity index (χ0) is 14.9. The van der Waals surface area contributed by atoms with E-state index in [-0.39, 0.29) is 15.8 Å². The van der Waals surface area contributed by atoms with Gasteiger partial charge < -0.3 is 10.5 Å². The van der Waals surface area contributed by atoms with Crippen LogP contribution in [0.25, 0.3) is 0 Å². The van der Waals surface area contributed by atoms with Gasteiger partial charge in [-0.2, -0.15) is 0 Å². The molecular formula is C13H7BrCl2FNOS. The van der Waals surface area contributed by atoms with Crippen molar-refractivity contribution in [1.82, 2.24) is 0 Å². The topological polar surface area (TPSA) is 35.2 Å². The fourth-order valence-electron chi connectivity index (χ4n) is 1.48. The number of thiocarbonyl (C=S) groups is 1. The SMILES string of the molecule is NC(=S)c1cc(Cl)ccc1Oc1cc(F)c(Cl)cc1Br. The fraction of sp³-hybridized carbons (Fsp3) is 0. The Morgan fingerprint density at radius 1 is 1.20 bits per heavy atom. The predicted molar refractivity (Wildman–Crippen MR) is 86.5 cm³/mol. The fourth-order valence-corrected chi connectivity index (χ4v) is 2.54. The van der Waals surface area contributed by atoms with E-state index in [1.54, 1.807) is 18.2 Å². The van der Waals surface area contributed by atoms with Crippen molar-refractivity contribution in [2.24, 2.45) is 5.73 Å². The van der Waals surface area contributed by atoms with Gasteiger partial charge in [-0.3, -0.25) is 0 Å². The van der Waals surface area contributed by atoms with Crippen LogP contribution in [0.15, 0.2) is 34.8 Å². The Hall–Kier alpha value is -0.880. The second-order valence-corrected chi connectivity index (χ2v) is 5.94. The highest BCUT2D eigenvalue weighted by atomic mass is 79.9. The van der Waals surface area contributed by atoms with Gasteiger partial charge in [-0.05, 0) is 40.2 Å². The van der Waals surface area contributed by atoms with E-state index in [0.717, 1.165) is 0 Å². The minimum absolute atomic E-state index is 0.00472. The summed E-state index contributed by atoms with van der Waals surface area (Å²) in [4.78, 5) is 0.132. The average Bonchev–Trinajstić information content (AvgIpc) is 2.37. The summed E-state index contributed by atoms with van der Waals surface area (Å²) in [7, 11) is 0. The molecule has 2 N–H and O–H groups in total. The smallest absolute Gasteiger partial charge is 0.145 e. The summed E-state index contributed by atoms with van der Waals surface area (Å²) < 4.78 is 19.6. The molecule has 0 fully saturated rings. The molecule has 0 saturated carbocycles. The number of nitrogens with two attached hydrogens (primary N) is 1. The van der Waals surface area contributed by atoms with E-state index in [1.807, 2.05) is 0 Å². The van der Waals surface area contributed by atoms with Crippen molar-refractivity contribution >= 4 is 56.3 Å². The second-order valence-electron chi connectivity index (χ2n) is 3.80. The molecule has 2 nitrogen and oxygen atoms in total. The maximum atomic E-state index is 13.5. The summed E-state index contributed by atoms with van der Waals surface area (Å²) in [5.74, 6) is 0.0479. The highest BCUT2D eigenvalue weighted by molar-refractivity contribution is 9.10. The third-order valence-electron chi connectivity index (χ3n) is 2.40. The highest BCUT2D eigenvalue weighted by Crippen LogP contribution is 2.35. The molecule has 0 aromatic heterocycles. The lowest BCUT2D eigenvalue weighted by Gasteiger charge is -2.12. The molecular weight excluding hydrogens is 388 g/mol. The van der Waals surface area contributed by atoms with Gasteiger partial charge >= 0.3 is 0 Å². The molecule has 0 saturated heterocycles. The molecule has 104 valence electrons. The summed E-state index contributed by atoms with van der Waals surface area (Å²) in [6, 6.07) is 7.39. The van der Waals surface area contributed by atoms with Crippen LogP contribution in [0.5, 0.6) is 11.5 Å². The van der Waals surface area contributed by atoms with Gasteiger partial charge in [0.2, 0.25) is 0 Å². The quantitative estimate of drug-likeness (QED) is 0.565. The summed E-state index contributed by atoms with van der Waals surface area (Å²) in [5.41, 5.74) is 6.08. The van der Waals surface area contributed by atoms with E-state index in [2.05, 4.69) is 15.9 Å². The molecule has 0 radical (unpaired) electrons. The first-order valence-electron chi connectivity index (χ1n) is 5.30. The van der Waals surface area contributed by atoms with Gasteiger partial charge in [-0.1, -0.05) is 35.4 Å². The van der Waals surface area contributed by atoms with E-state index in [4.69, 9.17) is 45.9 Å². The first-order chi connectivity index (χ1) is 9.38. The van der Waals surface area contributed by atoms with E-state index in [9.17, 15) is 4.39 Å². The lowest BCUT2D eigenvalue weighted by molar-refractivity contribution is 0.473. The van der Waals surface area contributed by atoms with Crippen LogP contribution in [-0.4, -0.2) is 4.99 Å². The van der Waals surface area contributed by atoms with Gasteiger partial charge in [-0.25, -0.2) is 4.39 Å². The van der Waals surface area contributed by atoms with Crippen molar-refractivity contribution in [3.05, 3.63) is 56.2 Å². The van der Waals surface area contributed by atoms with Crippen LogP contribution >= 0.6 is 51.3 Å². The van der Waals surface area contributed by atoms with E-state index in [0.29, 0.717) is 20.8 Å². The molecule has 0 spiro atoms. The van der Waals surface area contributed by atoms with Gasteiger partial charge in [0.15, 0.2) is 0 Å². The predicted octanol–water partition coefficient (Wildman–Crippen LogP) is 5.32. The normalized spacial score (nSPS) is 10.4. The number of halogens is 4. The van der Waals surface area contributed by atoms with Crippen LogP contribution in [-0.2, 0) is 0 Å². The van der Waals surface area contributed by atoms with E-state index < -0.39 is 5.82 Å². The Bertz CT molecular complexity index is 696. The monoisotopic (exact) mass is 393 g/mol. The molecule has 0 aliphatic carbocycles. The zero-order valence-corrected chi connectivity index (χ0v) is 13.7. The first kappa shape index (κ1) is 15.5. The number of rotatable bonds is 3. The Kier molecular flexibility index (Phi) is 4.86. The largest absolute Gasteiger partial charge is 0.455 e. The van der Waals surface area contributed by atoms with Crippen LogP contribution in [0.3, 0.4) is 0 Å². The summed E-state index contributed by atoms with van der Waals surface area (Å²) in [6.45, 7) is 0. The second kappa shape index (κ2) is 6.26. The number of hydrogen-bond donors (Lipinski definition) is 1. The third kappa shape index (κ3) is 3.41. The van der Waals surface area contributed by atoms with Crippen LogP contribution in [0.4, 0.5) is 4.39 Å². The van der Waals surface area contributed by atoms with Gasteiger partial charge in [0.1, 0.15) is 22.3 Å². The lowest BCUT2D eigenvalue weighted by Crippen LogP contribution is -2.10. The molecule has 0 bridgehead atoms. The van der Waals surface area contributed by atoms with Gasteiger partial charge in [0, 0.05) is 11.1 Å². The molecule has 20 heavy (non-hydrogen) atoms. The van der Waals surface area contributed by atoms with Crippen molar-refractivity contribution in [2.75, 3.05) is 0 Å². The van der Waals surface area contributed by atoms with Gasteiger partial charge in [0.05, 0.1) is 15.1 Å². The Morgan fingerprint density at radius 3 is 2.55 bits per heavy atom. The molecule has 2 aromatic rings. The van der Waals surface area contributed by atoms with Crippen LogP contribution in [0, 0.1) is 5.82 Å². The molecule has 0 amide bonds. The van der Waals surface area contributed by atoms with Crippen molar-refractivity contribution in [3.8, 4) is 11.5 Å². The van der Waals surface area contributed by atoms with Crippen molar-refractivity contribution in [1.29, 1.82) is 0 Å². The summed E-state index contributed by atoms with van der Waals surface area (Å²) >= 11 is 19.7. The first-order valence-corrected chi connectivity index (χ1v) is 7.26. The minimum atomic E-state index is -0.587. The molecule has 0 heterocycles. The van der Waals surface area contributed by atoms with Crippen molar-refractivity contribution in [3.63, 3.8) is 0 Å². The maximum Gasteiger partial charge on any atom is 0.145 e. The standard InChI is InChI=1S/C13H7BrCl2FNOS/c14-8-4-9(16)10(17)5-12(8)19-11-2-1-6(15)3-7(11)13(18)20/h1-5H,(H2,18,20). The number of ether oxygens (including phenoxy) is 1. The molecule has 0 aliphatic heterocycles. The highest BCUT2D eigenvalue weighted by Gasteiger charge is 2.13. The average molecular weight is 395 g/mol. The van der Waals surface area contributed by atoms with Crippen molar-refractivity contribution < 1.29 is 9.13 Å². The molecule has 2 rings (SSSR count). The number of hydrogen-bond acceptors (Lipinski definition) is 2. The molecule has 0 unspecified atom stereocenters. The van der Waals surface area contributed by atoms with E-state index >= 15 is 0 Å². The molecule has 0 atom stereocenters. The Morgan fingerprint density at radius 2 is 1.90 bits per heavy atom.